The van der Waals surface area contributed by atoms with Gasteiger partial charge in [0.15, 0.2) is 0 Å². The summed E-state index contributed by atoms with van der Waals surface area (Å²) in [5, 5.41) is 0.935. The van der Waals surface area contributed by atoms with Gasteiger partial charge in [-0.1, -0.05) is 48.9 Å². The Morgan fingerprint density at radius 2 is 1.90 bits per heavy atom. The zero-order chi connectivity index (χ0) is 15.3. The molecule has 110 valence electrons. The molecule has 0 aliphatic heterocycles. The summed E-state index contributed by atoms with van der Waals surface area (Å²) in [6.07, 6.45) is 7.28. The molecule has 0 amide bonds. The van der Waals surface area contributed by atoms with Crippen LogP contribution in [0.1, 0.15) is 20.8 Å². The van der Waals surface area contributed by atoms with Crippen molar-refractivity contribution in [2.75, 3.05) is 0 Å². The lowest BCUT2D eigenvalue weighted by Crippen LogP contribution is -2.44. The summed E-state index contributed by atoms with van der Waals surface area (Å²) in [6.45, 7) is 5.75. The largest absolute Gasteiger partial charge is 0.248 e. The number of hydrogen-bond acceptors (Lipinski definition) is 2. The minimum absolute atomic E-state index is 0.0614. The number of fused-ring (bicyclic) bond motifs is 1. The third-order valence-electron chi connectivity index (χ3n) is 4.71. The smallest absolute Gasteiger partial charge is 0.244 e. The molecule has 0 radical (unpaired) electrons. The SMILES string of the molecule is CC1=CC=CC(C)(S(=O)(=O)n2ccc3ccccc32)C1C. The average Bonchev–Trinajstić information content (AvgIpc) is 2.89. The van der Waals surface area contributed by atoms with Crippen LogP contribution < -0.4 is 0 Å². The highest BCUT2D eigenvalue weighted by molar-refractivity contribution is 7.91. The van der Waals surface area contributed by atoms with Gasteiger partial charge in [-0.05, 0) is 26.0 Å². The molecule has 1 aliphatic carbocycles. The molecule has 2 atom stereocenters. The van der Waals surface area contributed by atoms with Crippen LogP contribution in [0.5, 0.6) is 0 Å². The van der Waals surface area contributed by atoms with Gasteiger partial charge in [0, 0.05) is 17.5 Å². The number of rotatable bonds is 2. The van der Waals surface area contributed by atoms with E-state index in [2.05, 4.69) is 0 Å². The maximum absolute atomic E-state index is 13.2. The first-order valence-corrected chi connectivity index (χ1v) is 8.49. The maximum atomic E-state index is 13.2. The molecule has 2 aromatic rings. The van der Waals surface area contributed by atoms with Crippen molar-refractivity contribution in [3.8, 4) is 0 Å². The van der Waals surface area contributed by atoms with Crippen LogP contribution in [0.15, 0.2) is 60.3 Å². The normalized spacial score (nSPS) is 26.0. The van der Waals surface area contributed by atoms with E-state index in [-0.39, 0.29) is 5.92 Å². The molecule has 0 bridgehead atoms. The van der Waals surface area contributed by atoms with Crippen LogP contribution in [0, 0.1) is 5.92 Å². The van der Waals surface area contributed by atoms with E-state index < -0.39 is 14.8 Å². The monoisotopic (exact) mass is 301 g/mol. The quantitative estimate of drug-likeness (QED) is 0.848. The van der Waals surface area contributed by atoms with E-state index >= 15 is 0 Å². The third kappa shape index (κ3) is 1.89. The highest BCUT2D eigenvalue weighted by Crippen LogP contribution is 2.38. The molecule has 0 saturated heterocycles. The topological polar surface area (TPSA) is 39.1 Å². The van der Waals surface area contributed by atoms with Crippen molar-refractivity contribution in [3.05, 3.63) is 60.3 Å². The van der Waals surface area contributed by atoms with Crippen LogP contribution in [0.25, 0.3) is 10.9 Å². The van der Waals surface area contributed by atoms with Crippen molar-refractivity contribution >= 4 is 20.9 Å². The van der Waals surface area contributed by atoms with E-state index in [1.807, 2.05) is 56.3 Å². The summed E-state index contributed by atoms with van der Waals surface area (Å²) in [5.41, 5.74) is 1.81. The zero-order valence-electron chi connectivity index (χ0n) is 12.4. The van der Waals surface area contributed by atoms with Gasteiger partial charge in [-0.25, -0.2) is 12.4 Å². The number of allylic oxidation sites excluding steroid dienone is 3. The van der Waals surface area contributed by atoms with Gasteiger partial charge < -0.3 is 0 Å². The van der Waals surface area contributed by atoms with Gasteiger partial charge in [0.05, 0.1) is 5.52 Å². The Balaban J connectivity index is 2.22. The molecule has 1 aromatic carbocycles. The van der Waals surface area contributed by atoms with Crippen molar-refractivity contribution in [1.29, 1.82) is 0 Å². The first-order valence-electron chi connectivity index (χ1n) is 7.05. The van der Waals surface area contributed by atoms with E-state index in [4.69, 9.17) is 0 Å². The molecule has 3 rings (SSSR count). The van der Waals surface area contributed by atoms with Crippen molar-refractivity contribution < 1.29 is 8.42 Å². The summed E-state index contributed by atoms with van der Waals surface area (Å²) >= 11 is 0. The molecule has 3 nitrogen and oxygen atoms in total. The van der Waals surface area contributed by atoms with E-state index in [0.29, 0.717) is 0 Å². The highest BCUT2D eigenvalue weighted by Gasteiger charge is 2.44. The molecule has 0 N–H and O–H groups in total. The molecule has 21 heavy (non-hydrogen) atoms. The predicted molar refractivity (Wildman–Crippen MR) is 86.7 cm³/mol. The van der Waals surface area contributed by atoms with Gasteiger partial charge in [0.25, 0.3) is 0 Å². The van der Waals surface area contributed by atoms with Crippen LogP contribution in [-0.2, 0) is 10.0 Å². The van der Waals surface area contributed by atoms with Crippen molar-refractivity contribution in [1.82, 2.24) is 3.97 Å². The lowest BCUT2D eigenvalue weighted by Gasteiger charge is -2.35. The van der Waals surface area contributed by atoms with Crippen molar-refractivity contribution in [3.63, 3.8) is 0 Å². The van der Waals surface area contributed by atoms with E-state index in [0.717, 1.165) is 16.5 Å². The standard InChI is InChI=1S/C17H19NO2S/c1-13-7-6-11-17(3,14(13)2)21(19,20)18-12-10-15-8-4-5-9-16(15)18/h4-12,14H,1-3H3. The van der Waals surface area contributed by atoms with E-state index in [1.165, 1.54) is 3.97 Å². The van der Waals surface area contributed by atoms with E-state index in [9.17, 15) is 8.42 Å². The van der Waals surface area contributed by atoms with Gasteiger partial charge in [-0.2, -0.15) is 0 Å². The lowest BCUT2D eigenvalue weighted by atomic mass is 9.85. The summed E-state index contributed by atoms with van der Waals surface area (Å²) in [6, 6.07) is 9.39. The minimum atomic E-state index is -3.54. The van der Waals surface area contributed by atoms with E-state index in [1.54, 1.807) is 19.2 Å². The van der Waals surface area contributed by atoms with Gasteiger partial charge in [0.1, 0.15) is 4.75 Å². The fourth-order valence-electron chi connectivity index (χ4n) is 2.92. The van der Waals surface area contributed by atoms with Crippen molar-refractivity contribution in [2.45, 2.75) is 25.5 Å². The lowest BCUT2D eigenvalue weighted by molar-refractivity contribution is 0.493. The minimum Gasteiger partial charge on any atom is -0.244 e. The fraction of sp³-hybridized carbons (Fsp3) is 0.294. The molecule has 1 aromatic heterocycles. The molecule has 0 saturated carbocycles. The molecule has 0 spiro atoms. The Hall–Kier alpha value is -1.81. The summed E-state index contributed by atoms with van der Waals surface area (Å²) in [4.78, 5) is 0. The Kier molecular flexibility index (Phi) is 3.10. The molecule has 2 unspecified atom stereocenters. The molecule has 4 heteroatoms. The first kappa shape index (κ1) is 14.1. The number of benzene rings is 1. The second-order valence-corrected chi connectivity index (χ2v) is 8.07. The predicted octanol–water partition coefficient (Wildman–Crippen LogP) is 3.73. The Labute approximate surface area is 125 Å². The second-order valence-electron chi connectivity index (χ2n) is 5.85. The fourth-order valence-corrected chi connectivity index (χ4v) is 4.87. The third-order valence-corrected chi connectivity index (χ3v) is 7.15. The Bertz CT molecular complexity index is 858. The molecular formula is C17H19NO2S. The Morgan fingerprint density at radius 1 is 1.19 bits per heavy atom. The summed E-state index contributed by atoms with van der Waals surface area (Å²) in [7, 11) is -3.54. The molecule has 1 heterocycles. The summed E-state index contributed by atoms with van der Waals surface area (Å²) in [5.74, 6) is -0.0614. The van der Waals surface area contributed by atoms with Crippen LogP contribution in [0.2, 0.25) is 0 Å². The average molecular weight is 301 g/mol. The molecular weight excluding hydrogens is 282 g/mol. The number of nitrogens with zero attached hydrogens (tertiary/aromatic N) is 1. The Morgan fingerprint density at radius 3 is 2.67 bits per heavy atom. The van der Waals surface area contributed by atoms with Gasteiger partial charge in [0.2, 0.25) is 10.0 Å². The van der Waals surface area contributed by atoms with Crippen LogP contribution in [-0.4, -0.2) is 17.1 Å². The molecule has 0 fully saturated rings. The first-order chi connectivity index (χ1) is 9.88. The van der Waals surface area contributed by atoms with Crippen molar-refractivity contribution in [2.24, 2.45) is 5.92 Å². The number of para-hydroxylation sites is 1. The maximum Gasteiger partial charge on any atom is 0.248 e. The van der Waals surface area contributed by atoms with Gasteiger partial charge in [-0.15, -0.1) is 0 Å². The second kappa shape index (κ2) is 4.60. The van der Waals surface area contributed by atoms with Crippen LogP contribution >= 0.6 is 0 Å². The van der Waals surface area contributed by atoms with Gasteiger partial charge >= 0.3 is 0 Å². The van der Waals surface area contributed by atoms with Gasteiger partial charge in [-0.3, -0.25) is 0 Å². The number of hydrogen-bond donors (Lipinski definition) is 0. The molecule has 1 aliphatic rings. The van der Waals surface area contributed by atoms with Crippen LogP contribution in [0.3, 0.4) is 0 Å². The summed E-state index contributed by atoms with van der Waals surface area (Å²) < 4.78 is 26.9. The zero-order valence-corrected chi connectivity index (χ0v) is 13.3. The highest BCUT2D eigenvalue weighted by atomic mass is 32.2. The number of aromatic nitrogens is 1. The van der Waals surface area contributed by atoms with Crippen LogP contribution in [0.4, 0.5) is 0 Å².